The van der Waals surface area contributed by atoms with Gasteiger partial charge in [0.1, 0.15) is 5.82 Å². The standard InChI is InChI=1S/C31H35N3O3/c1-4-11-24-16-17-28(29(22-24)36-3)37-21-10-9-20-34-27-15-8-7-14-26(27)33-30(34)18-19-32-31(35)25-13-6-5-12-23(25)2/h4-8,11-17,22H,9-10,18-21H2,1-3H3,(H,32,35)/b11-4+. The Balaban J connectivity index is 1.34. The number of ether oxygens (including phenoxy) is 2. The van der Waals surface area contributed by atoms with Crippen molar-refractivity contribution in [3.8, 4) is 11.5 Å². The molecule has 1 aromatic heterocycles. The van der Waals surface area contributed by atoms with Gasteiger partial charge in [-0.25, -0.2) is 4.98 Å². The minimum Gasteiger partial charge on any atom is -0.493 e. The molecule has 6 nitrogen and oxygen atoms in total. The van der Waals surface area contributed by atoms with Crippen molar-refractivity contribution in [1.82, 2.24) is 14.9 Å². The van der Waals surface area contributed by atoms with Crippen LogP contribution in [0.3, 0.4) is 0 Å². The quantitative estimate of drug-likeness (QED) is 0.236. The fourth-order valence-corrected chi connectivity index (χ4v) is 4.43. The number of para-hydroxylation sites is 2. The largest absolute Gasteiger partial charge is 0.493 e. The van der Waals surface area contributed by atoms with Crippen LogP contribution in [0.5, 0.6) is 11.5 Å². The van der Waals surface area contributed by atoms with E-state index in [4.69, 9.17) is 14.5 Å². The molecule has 1 amide bonds. The molecule has 0 aliphatic carbocycles. The van der Waals surface area contributed by atoms with Crippen LogP contribution in [0, 0.1) is 6.92 Å². The summed E-state index contributed by atoms with van der Waals surface area (Å²) in [5.41, 5.74) is 4.86. The Morgan fingerprint density at radius 3 is 2.65 bits per heavy atom. The molecule has 0 saturated heterocycles. The molecule has 0 atom stereocenters. The number of hydrogen-bond donors (Lipinski definition) is 1. The summed E-state index contributed by atoms with van der Waals surface area (Å²) >= 11 is 0. The van der Waals surface area contributed by atoms with E-state index >= 15 is 0 Å². The predicted octanol–water partition coefficient (Wildman–Crippen LogP) is 6.22. The molecule has 0 aliphatic heterocycles. The molecule has 37 heavy (non-hydrogen) atoms. The Labute approximate surface area is 218 Å². The molecular weight excluding hydrogens is 462 g/mol. The summed E-state index contributed by atoms with van der Waals surface area (Å²) in [4.78, 5) is 17.5. The number of allylic oxidation sites excluding steroid dienone is 1. The van der Waals surface area contributed by atoms with Gasteiger partial charge in [0.05, 0.1) is 24.8 Å². The monoisotopic (exact) mass is 497 g/mol. The Hall–Kier alpha value is -4.06. The van der Waals surface area contributed by atoms with Crippen LogP contribution in [0.15, 0.2) is 72.8 Å². The van der Waals surface area contributed by atoms with Crippen LogP contribution in [0.2, 0.25) is 0 Å². The van der Waals surface area contributed by atoms with Gasteiger partial charge in [0, 0.05) is 25.1 Å². The maximum atomic E-state index is 12.6. The molecule has 4 rings (SSSR count). The second kappa shape index (κ2) is 12.8. The molecule has 1 N–H and O–H groups in total. The van der Waals surface area contributed by atoms with Gasteiger partial charge in [-0.15, -0.1) is 0 Å². The van der Waals surface area contributed by atoms with E-state index in [0.717, 1.165) is 58.9 Å². The van der Waals surface area contributed by atoms with Crippen molar-refractivity contribution in [1.29, 1.82) is 0 Å². The summed E-state index contributed by atoms with van der Waals surface area (Å²) in [6.45, 7) is 5.92. The smallest absolute Gasteiger partial charge is 0.251 e. The van der Waals surface area contributed by atoms with Gasteiger partial charge in [-0.05, 0) is 68.1 Å². The highest BCUT2D eigenvalue weighted by molar-refractivity contribution is 5.95. The molecular formula is C31H35N3O3. The number of imidazole rings is 1. The number of nitrogens with zero attached hydrogens (tertiary/aromatic N) is 2. The van der Waals surface area contributed by atoms with Gasteiger partial charge in [0.25, 0.3) is 5.91 Å². The molecule has 0 aliphatic rings. The summed E-state index contributed by atoms with van der Waals surface area (Å²) in [6.07, 6.45) is 6.55. The molecule has 192 valence electrons. The first-order chi connectivity index (χ1) is 18.1. The number of unbranched alkanes of at least 4 members (excludes halogenated alkanes) is 1. The first-order valence-electron chi connectivity index (χ1n) is 12.8. The van der Waals surface area contributed by atoms with E-state index in [0.29, 0.717) is 25.1 Å². The molecule has 3 aromatic carbocycles. The van der Waals surface area contributed by atoms with Crippen molar-refractivity contribution in [3.63, 3.8) is 0 Å². The number of aromatic nitrogens is 2. The second-order valence-corrected chi connectivity index (χ2v) is 8.96. The van der Waals surface area contributed by atoms with Crippen molar-refractivity contribution in [2.75, 3.05) is 20.3 Å². The van der Waals surface area contributed by atoms with Crippen LogP contribution >= 0.6 is 0 Å². The van der Waals surface area contributed by atoms with Crippen LogP contribution in [-0.2, 0) is 13.0 Å². The van der Waals surface area contributed by atoms with Gasteiger partial charge < -0.3 is 19.4 Å². The predicted molar refractivity (Wildman–Crippen MR) is 149 cm³/mol. The molecule has 6 heteroatoms. The van der Waals surface area contributed by atoms with Crippen LogP contribution in [0.1, 0.15) is 47.1 Å². The van der Waals surface area contributed by atoms with Crippen molar-refractivity contribution >= 4 is 23.0 Å². The van der Waals surface area contributed by atoms with Gasteiger partial charge >= 0.3 is 0 Å². The number of carbonyl (C=O) groups excluding carboxylic acids is 1. The number of rotatable bonds is 12. The Bertz CT molecular complexity index is 1370. The zero-order valence-corrected chi connectivity index (χ0v) is 21.9. The van der Waals surface area contributed by atoms with Crippen molar-refractivity contribution in [2.24, 2.45) is 0 Å². The van der Waals surface area contributed by atoms with E-state index in [-0.39, 0.29) is 5.91 Å². The fourth-order valence-electron chi connectivity index (χ4n) is 4.43. The third-order valence-electron chi connectivity index (χ3n) is 6.34. The summed E-state index contributed by atoms with van der Waals surface area (Å²) in [7, 11) is 1.66. The minimum atomic E-state index is -0.0490. The molecule has 0 bridgehead atoms. The molecule has 0 fully saturated rings. The number of methoxy groups -OCH3 is 1. The van der Waals surface area contributed by atoms with E-state index in [2.05, 4.69) is 16.0 Å². The number of aryl methyl sites for hydroxylation is 2. The third-order valence-corrected chi connectivity index (χ3v) is 6.34. The molecule has 4 aromatic rings. The minimum absolute atomic E-state index is 0.0490. The van der Waals surface area contributed by atoms with Crippen molar-refractivity contribution in [2.45, 2.75) is 39.7 Å². The molecule has 0 unspecified atom stereocenters. The van der Waals surface area contributed by atoms with Gasteiger partial charge in [-0.3, -0.25) is 4.79 Å². The lowest BCUT2D eigenvalue weighted by Crippen LogP contribution is -2.27. The molecule has 0 radical (unpaired) electrons. The highest BCUT2D eigenvalue weighted by Gasteiger charge is 2.12. The van der Waals surface area contributed by atoms with Gasteiger partial charge in [-0.2, -0.15) is 0 Å². The lowest BCUT2D eigenvalue weighted by molar-refractivity contribution is 0.0953. The lowest BCUT2D eigenvalue weighted by atomic mass is 10.1. The fraction of sp³-hybridized carbons (Fsp3) is 0.290. The average molecular weight is 498 g/mol. The van der Waals surface area contributed by atoms with Gasteiger partial charge in [0.15, 0.2) is 11.5 Å². The summed E-state index contributed by atoms with van der Waals surface area (Å²) < 4.78 is 13.8. The Morgan fingerprint density at radius 2 is 1.84 bits per heavy atom. The van der Waals surface area contributed by atoms with E-state index in [1.807, 2.05) is 86.7 Å². The summed E-state index contributed by atoms with van der Waals surface area (Å²) in [5.74, 6) is 2.43. The number of carbonyl (C=O) groups is 1. The first-order valence-corrected chi connectivity index (χ1v) is 12.8. The number of nitrogens with one attached hydrogen (secondary N) is 1. The van der Waals surface area contributed by atoms with Gasteiger partial charge in [-0.1, -0.05) is 48.6 Å². The highest BCUT2D eigenvalue weighted by Crippen LogP contribution is 2.29. The summed E-state index contributed by atoms with van der Waals surface area (Å²) in [6, 6.07) is 21.8. The number of fused-ring (bicyclic) bond motifs is 1. The van der Waals surface area contributed by atoms with E-state index in [1.165, 1.54) is 0 Å². The number of amides is 1. The molecule has 1 heterocycles. The third kappa shape index (κ3) is 6.58. The highest BCUT2D eigenvalue weighted by atomic mass is 16.5. The topological polar surface area (TPSA) is 65.4 Å². The van der Waals surface area contributed by atoms with Crippen LogP contribution in [-0.4, -0.2) is 35.7 Å². The van der Waals surface area contributed by atoms with Gasteiger partial charge in [0.2, 0.25) is 0 Å². The van der Waals surface area contributed by atoms with Crippen LogP contribution < -0.4 is 14.8 Å². The Morgan fingerprint density at radius 1 is 1.03 bits per heavy atom. The number of benzene rings is 3. The zero-order valence-electron chi connectivity index (χ0n) is 21.9. The molecule has 0 saturated carbocycles. The zero-order chi connectivity index (χ0) is 26.0. The Kier molecular flexibility index (Phi) is 8.98. The lowest BCUT2D eigenvalue weighted by Gasteiger charge is -2.13. The van der Waals surface area contributed by atoms with Crippen molar-refractivity contribution in [3.05, 3.63) is 95.3 Å². The van der Waals surface area contributed by atoms with Crippen LogP contribution in [0.25, 0.3) is 17.1 Å². The van der Waals surface area contributed by atoms with E-state index in [9.17, 15) is 4.79 Å². The summed E-state index contributed by atoms with van der Waals surface area (Å²) in [5, 5.41) is 3.05. The van der Waals surface area contributed by atoms with E-state index in [1.54, 1.807) is 7.11 Å². The first kappa shape index (κ1) is 26.0. The average Bonchev–Trinajstić information content (AvgIpc) is 3.26. The van der Waals surface area contributed by atoms with E-state index < -0.39 is 0 Å². The number of hydrogen-bond acceptors (Lipinski definition) is 4. The molecule has 0 spiro atoms. The SMILES string of the molecule is C/C=C/c1ccc(OCCCCn2c(CCNC(=O)c3ccccc3C)nc3ccccc32)c(OC)c1. The normalized spacial score (nSPS) is 11.2. The maximum Gasteiger partial charge on any atom is 0.251 e. The van der Waals surface area contributed by atoms with Crippen molar-refractivity contribution < 1.29 is 14.3 Å². The second-order valence-electron chi connectivity index (χ2n) is 8.96. The van der Waals surface area contributed by atoms with Crippen LogP contribution in [0.4, 0.5) is 0 Å². The maximum absolute atomic E-state index is 12.6.